The topological polar surface area (TPSA) is 78.9 Å². The molecule has 0 bridgehead atoms. The molecule has 8 heteroatoms. The molecule has 2 N–H and O–H groups in total. The predicted molar refractivity (Wildman–Crippen MR) is 134 cm³/mol. The van der Waals surface area contributed by atoms with Gasteiger partial charge in [-0.2, -0.15) is 0 Å². The molecule has 0 radical (unpaired) electrons. The van der Waals surface area contributed by atoms with Gasteiger partial charge in [0.2, 0.25) is 11.8 Å². The minimum absolute atomic E-state index is 0. The third kappa shape index (κ3) is 8.01. The van der Waals surface area contributed by atoms with Gasteiger partial charge in [-0.1, -0.05) is 30.3 Å². The summed E-state index contributed by atoms with van der Waals surface area (Å²) in [6.07, 6.45) is 3.20. The molecule has 2 heterocycles. The maximum absolute atomic E-state index is 12.4. The Morgan fingerprint density at radius 1 is 1.23 bits per heavy atom. The summed E-state index contributed by atoms with van der Waals surface area (Å²) in [5.41, 5.74) is 2.29. The zero-order valence-electron chi connectivity index (χ0n) is 18.2. The summed E-state index contributed by atoms with van der Waals surface area (Å²) in [5.74, 6) is 1.87. The molecule has 1 saturated heterocycles. The molecule has 1 unspecified atom stereocenters. The van der Waals surface area contributed by atoms with Gasteiger partial charge >= 0.3 is 0 Å². The van der Waals surface area contributed by atoms with Crippen LogP contribution in [-0.2, 0) is 17.8 Å². The van der Waals surface area contributed by atoms with Crippen molar-refractivity contribution in [1.82, 2.24) is 20.5 Å². The highest BCUT2D eigenvalue weighted by molar-refractivity contribution is 14.0. The van der Waals surface area contributed by atoms with Crippen LogP contribution in [0.15, 0.2) is 53.7 Å². The van der Waals surface area contributed by atoms with Crippen molar-refractivity contribution in [3.63, 3.8) is 0 Å². The lowest BCUT2D eigenvalue weighted by Crippen LogP contribution is -2.40. The molecular formula is C23H32IN5O2. The number of methoxy groups -OCH3 is 1. The van der Waals surface area contributed by atoms with Crippen LogP contribution in [0.2, 0.25) is 0 Å². The maximum atomic E-state index is 12.4. The molecule has 0 aliphatic carbocycles. The third-order valence-electron chi connectivity index (χ3n) is 5.14. The third-order valence-corrected chi connectivity index (χ3v) is 5.14. The van der Waals surface area contributed by atoms with E-state index in [0.29, 0.717) is 18.8 Å². The first kappa shape index (κ1) is 24.9. The predicted octanol–water partition coefficient (Wildman–Crippen LogP) is 2.85. The van der Waals surface area contributed by atoms with Crippen molar-refractivity contribution in [2.75, 3.05) is 33.3 Å². The number of benzene rings is 1. The van der Waals surface area contributed by atoms with Crippen molar-refractivity contribution in [2.24, 2.45) is 10.9 Å². The molecule has 0 spiro atoms. The fourth-order valence-electron chi connectivity index (χ4n) is 3.53. The first-order chi connectivity index (χ1) is 14.7. The van der Waals surface area contributed by atoms with Gasteiger partial charge in [0.05, 0.1) is 13.7 Å². The summed E-state index contributed by atoms with van der Waals surface area (Å²) in [6, 6.07) is 14.1. The Bertz CT molecular complexity index is 847. The van der Waals surface area contributed by atoms with Gasteiger partial charge in [-0.15, -0.1) is 24.0 Å². The zero-order chi connectivity index (χ0) is 21.2. The standard InChI is InChI=1S/C23H31N5O2.HI/c1-3-24-23(26-15-19-9-11-25-21(13-19)30-2)27-16-20-14-22(29)28(17-20)12-10-18-7-5-4-6-8-18;/h4-9,11,13,20H,3,10,12,14-17H2,1-2H3,(H2,24,26,27);1H. The molecule has 1 aliphatic heterocycles. The lowest BCUT2D eigenvalue weighted by molar-refractivity contribution is -0.127. The number of hydrogen-bond donors (Lipinski definition) is 2. The van der Waals surface area contributed by atoms with Gasteiger partial charge in [-0.25, -0.2) is 9.98 Å². The highest BCUT2D eigenvalue weighted by atomic mass is 127. The summed E-state index contributed by atoms with van der Waals surface area (Å²) >= 11 is 0. The van der Waals surface area contributed by atoms with Crippen LogP contribution in [0.5, 0.6) is 5.88 Å². The number of carbonyl (C=O) groups excluding carboxylic acids is 1. The van der Waals surface area contributed by atoms with E-state index in [1.54, 1.807) is 13.3 Å². The van der Waals surface area contributed by atoms with E-state index in [9.17, 15) is 4.79 Å². The van der Waals surface area contributed by atoms with Crippen molar-refractivity contribution >= 4 is 35.8 Å². The van der Waals surface area contributed by atoms with E-state index in [0.717, 1.165) is 44.1 Å². The number of carbonyl (C=O) groups is 1. The van der Waals surface area contributed by atoms with E-state index in [-0.39, 0.29) is 35.8 Å². The number of ether oxygens (including phenoxy) is 1. The molecule has 1 aromatic heterocycles. The van der Waals surface area contributed by atoms with Crippen LogP contribution >= 0.6 is 24.0 Å². The summed E-state index contributed by atoms with van der Waals surface area (Å²) in [7, 11) is 1.60. The number of hydrogen-bond acceptors (Lipinski definition) is 4. The van der Waals surface area contributed by atoms with Gasteiger partial charge in [0.1, 0.15) is 0 Å². The Kier molecular flexibility index (Phi) is 10.6. The number of aromatic nitrogens is 1. The average molecular weight is 537 g/mol. The van der Waals surface area contributed by atoms with Crippen LogP contribution in [0.3, 0.4) is 0 Å². The van der Waals surface area contributed by atoms with Gasteiger partial charge in [0.25, 0.3) is 0 Å². The summed E-state index contributed by atoms with van der Waals surface area (Å²) in [6.45, 7) is 5.63. The van der Waals surface area contributed by atoms with E-state index in [1.807, 2.05) is 42.2 Å². The molecule has 0 saturated carbocycles. The average Bonchev–Trinajstić information content (AvgIpc) is 3.14. The van der Waals surface area contributed by atoms with E-state index in [4.69, 9.17) is 4.74 Å². The molecule has 31 heavy (non-hydrogen) atoms. The Labute approximate surface area is 201 Å². The van der Waals surface area contributed by atoms with Gasteiger partial charge in [-0.3, -0.25) is 4.79 Å². The first-order valence-corrected chi connectivity index (χ1v) is 10.5. The number of pyridine rings is 1. The minimum atomic E-state index is 0. The van der Waals surface area contributed by atoms with E-state index in [1.165, 1.54) is 5.56 Å². The molecule has 168 valence electrons. The van der Waals surface area contributed by atoms with Crippen molar-refractivity contribution in [1.29, 1.82) is 0 Å². The number of guanidine groups is 1. The smallest absolute Gasteiger partial charge is 0.223 e. The number of nitrogens with zero attached hydrogens (tertiary/aromatic N) is 3. The summed E-state index contributed by atoms with van der Waals surface area (Å²) in [5, 5.41) is 6.66. The number of aliphatic imine (C=N–C) groups is 1. The molecule has 1 fully saturated rings. The number of rotatable bonds is 9. The van der Waals surface area contributed by atoms with E-state index < -0.39 is 0 Å². The Morgan fingerprint density at radius 3 is 2.77 bits per heavy atom. The largest absolute Gasteiger partial charge is 0.481 e. The maximum Gasteiger partial charge on any atom is 0.223 e. The molecule has 1 atom stereocenters. The SMILES string of the molecule is CCNC(=NCc1ccnc(OC)c1)NCC1CC(=O)N(CCc2ccccc2)C1.I. The molecule has 1 aromatic carbocycles. The summed E-state index contributed by atoms with van der Waals surface area (Å²) < 4.78 is 5.16. The normalized spacial score (nSPS) is 16.1. The van der Waals surface area contributed by atoms with Crippen LogP contribution in [0.25, 0.3) is 0 Å². The monoisotopic (exact) mass is 537 g/mol. The van der Waals surface area contributed by atoms with E-state index in [2.05, 4.69) is 32.7 Å². The quantitative estimate of drug-likeness (QED) is 0.292. The zero-order valence-corrected chi connectivity index (χ0v) is 20.5. The van der Waals surface area contributed by atoms with Crippen LogP contribution in [0.4, 0.5) is 0 Å². The molecule has 7 nitrogen and oxygen atoms in total. The van der Waals surface area contributed by atoms with Crippen LogP contribution < -0.4 is 15.4 Å². The van der Waals surface area contributed by atoms with Gasteiger partial charge in [0, 0.05) is 50.8 Å². The van der Waals surface area contributed by atoms with Crippen LogP contribution in [-0.4, -0.2) is 55.0 Å². The highest BCUT2D eigenvalue weighted by Crippen LogP contribution is 2.17. The van der Waals surface area contributed by atoms with Gasteiger partial charge in [-0.05, 0) is 30.5 Å². The van der Waals surface area contributed by atoms with Crippen LogP contribution in [0.1, 0.15) is 24.5 Å². The summed E-state index contributed by atoms with van der Waals surface area (Å²) in [4.78, 5) is 23.1. The number of amides is 1. The molecular weight excluding hydrogens is 505 g/mol. The Balaban J connectivity index is 0.00000341. The fourth-order valence-corrected chi connectivity index (χ4v) is 3.53. The lowest BCUT2D eigenvalue weighted by Gasteiger charge is -2.18. The molecule has 1 aliphatic rings. The Morgan fingerprint density at radius 2 is 2.03 bits per heavy atom. The number of halogens is 1. The van der Waals surface area contributed by atoms with Crippen molar-refractivity contribution in [3.8, 4) is 5.88 Å². The second kappa shape index (κ2) is 13.1. The van der Waals surface area contributed by atoms with Gasteiger partial charge in [0.15, 0.2) is 5.96 Å². The molecule has 2 aromatic rings. The van der Waals surface area contributed by atoms with E-state index >= 15 is 0 Å². The fraction of sp³-hybridized carbons (Fsp3) is 0.435. The number of likely N-dealkylation sites (tertiary alicyclic amines) is 1. The van der Waals surface area contributed by atoms with Crippen molar-refractivity contribution < 1.29 is 9.53 Å². The number of nitrogens with one attached hydrogen (secondary N) is 2. The second-order valence-corrected chi connectivity index (χ2v) is 7.43. The molecule has 3 rings (SSSR count). The van der Waals surface area contributed by atoms with Crippen molar-refractivity contribution in [2.45, 2.75) is 26.3 Å². The van der Waals surface area contributed by atoms with Crippen LogP contribution in [0, 0.1) is 5.92 Å². The van der Waals surface area contributed by atoms with Gasteiger partial charge < -0.3 is 20.3 Å². The Hall–Kier alpha value is -2.36. The first-order valence-electron chi connectivity index (χ1n) is 10.5. The van der Waals surface area contributed by atoms with Crippen molar-refractivity contribution in [3.05, 3.63) is 59.8 Å². The highest BCUT2D eigenvalue weighted by Gasteiger charge is 2.29. The minimum Gasteiger partial charge on any atom is -0.481 e. The lowest BCUT2D eigenvalue weighted by atomic mass is 10.1. The second-order valence-electron chi connectivity index (χ2n) is 7.43. The molecule has 1 amide bonds.